The fourth-order valence-electron chi connectivity index (χ4n) is 2.50. The summed E-state index contributed by atoms with van der Waals surface area (Å²) >= 11 is 0. The molecular weight excluding hydrogens is 148 g/mol. The number of allylic oxidation sites excluding steroid dienone is 2. The molecule has 2 aliphatic rings. The first kappa shape index (κ1) is 8.03. The maximum absolute atomic E-state index is 11.5. The van der Waals surface area contributed by atoms with Gasteiger partial charge in [0.15, 0.2) is 0 Å². The Morgan fingerprint density at radius 3 is 3.17 bits per heavy atom. The number of hydrogen-bond donors (Lipinski definition) is 0. The summed E-state index contributed by atoms with van der Waals surface area (Å²) in [4.78, 5) is 11.5. The summed E-state index contributed by atoms with van der Waals surface area (Å²) in [7, 11) is 0. The standard InChI is InChI=1S/C11H16O/c1-2-3-5-9-8-6-4-7-10(8)11(9)12/h4,6,8-10H,2-3,5,7H2,1H3. The fourth-order valence-corrected chi connectivity index (χ4v) is 2.50. The zero-order valence-electron chi connectivity index (χ0n) is 7.62. The minimum atomic E-state index is 0.395. The predicted octanol–water partition coefficient (Wildman–Crippen LogP) is 2.57. The van der Waals surface area contributed by atoms with Crippen LogP contribution in [0.1, 0.15) is 32.6 Å². The Morgan fingerprint density at radius 1 is 1.58 bits per heavy atom. The molecule has 0 aromatic heterocycles. The predicted molar refractivity (Wildman–Crippen MR) is 48.8 cm³/mol. The lowest BCUT2D eigenvalue weighted by molar-refractivity contribution is -0.139. The van der Waals surface area contributed by atoms with E-state index in [4.69, 9.17) is 0 Å². The van der Waals surface area contributed by atoms with Crippen LogP contribution in [0, 0.1) is 17.8 Å². The number of carbonyl (C=O) groups excluding carboxylic acids is 1. The van der Waals surface area contributed by atoms with Gasteiger partial charge in [-0.15, -0.1) is 0 Å². The monoisotopic (exact) mass is 164 g/mol. The molecule has 0 heterocycles. The molecule has 0 aliphatic heterocycles. The quantitative estimate of drug-likeness (QED) is 0.586. The molecule has 1 nitrogen and oxygen atoms in total. The topological polar surface area (TPSA) is 17.1 Å². The van der Waals surface area contributed by atoms with Crippen LogP contribution < -0.4 is 0 Å². The van der Waals surface area contributed by atoms with Crippen molar-refractivity contribution in [3.05, 3.63) is 12.2 Å². The molecule has 2 rings (SSSR count). The average molecular weight is 164 g/mol. The van der Waals surface area contributed by atoms with E-state index >= 15 is 0 Å². The molecule has 0 amide bonds. The third-order valence-electron chi connectivity index (χ3n) is 3.28. The molecule has 2 aliphatic carbocycles. The number of rotatable bonds is 3. The molecule has 0 bridgehead atoms. The van der Waals surface area contributed by atoms with Gasteiger partial charge in [0.05, 0.1) is 0 Å². The van der Waals surface area contributed by atoms with Gasteiger partial charge in [-0.3, -0.25) is 4.79 Å². The van der Waals surface area contributed by atoms with Crippen molar-refractivity contribution in [3.8, 4) is 0 Å². The zero-order valence-corrected chi connectivity index (χ0v) is 7.62. The van der Waals surface area contributed by atoms with E-state index in [1.54, 1.807) is 0 Å². The smallest absolute Gasteiger partial charge is 0.140 e. The molecule has 1 saturated carbocycles. The first-order chi connectivity index (χ1) is 5.84. The summed E-state index contributed by atoms with van der Waals surface area (Å²) < 4.78 is 0. The Labute approximate surface area is 73.8 Å². The van der Waals surface area contributed by atoms with Gasteiger partial charge in [0.1, 0.15) is 5.78 Å². The van der Waals surface area contributed by atoms with E-state index in [1.807, 2.05) is 0 Å². The van der Waals surface area contributed by atoms with Crippen molar-refractivity contribution in [2.45, 2.75) is 32.6 Å². The largest absolute Gasteiger partial charge is 0.299 e. The maximum atomic E-state index is 11.5. The second-order valence-corrected chi connectivity index (χ2v) is 4.00. The first-order valence-corrected chi connectivity index (χ1v) is 5.05. The van der Waals surface area contributed by atoms with Gasteiger partial charge in [0, 0.05) is 11.8 Å². The molecule has 66 valence electrons. The highest BCUT2D eigenvalue weighted by Crippen LogP contribution is 2.46. The van der Waals surface area contributed by atoms with Crippen LogP contribution in [0.5, 0.6) is 0 Å². The molecule has 3 unspecified atom stereocenters. The maximum Gasteiger partial charge on any atom is 0.140 e. The fraction of sp³-hybridized carbons (Fsp3) is 0.727. The lowest BCUT2D eigenvalue weighted by Crippen LogP contribution is -2.44. The van der Waals surface area contributed by atoms with E-state index in [2.05, 4.69) is 19.1 Å². The highest BCUT2D eigenvalue weighted by molar-refractivity contribution is 5.91. The molecule has 12 heavy (non-hydrogen) atoms. The van der Waals surface area contributed by atoms with Crippen LogP contribution in [-0.2, 0) is 4.79 Å². The molecule has 3 atom stereocenters. The van der Waals surface area contributed by atoms with Crippen LogP contribution in [0.2, 0.25) is 0 Å². The Kier molecular flexibility index (Phi) is 2.03. The Hall–Kier alpha value is -0.590. The van der Waals surface area contributed by atoms with Gasteiger partial charge in [-0.25, -0.2) is 0 Å². The minimum Gasteiger partial charge on any atom is -0.299 e. The lowest BCUT2D eigenvalue weighted by Gasteiger charge is -2.38. The first-order valence-electron chi connectivity index (χ1n) is 5.05. The number of carbonyl (C=O) groups is 1. The Morgan fingerprint density at radius 2 is 2.42 bits per heavy atom. The molecule has 0 N–H and O–H groups in total. The van der Waals surface area contributed by atoms with E-state index in [1.165, 1.54) is 12.8 Å². The molecule has 0 aromatic carbocycles. The van der Waals surface area contributed by atoms with Crippen LogP contribution in [0.15, 0.2) is 12.2 Å². The van der Waals surface area contributed by atoms with E-state index in [9.17, 15) is 4.79 Å². The van der Waals surface area contributed by atoms with Crippen molar-refractivity contribution in [2.75, 3.05) is 0 Å². The number of ketones is 1. The van der Waals surface area contributed by atoms with E-state index < -0.39 is 0 Å². The van der Waals surface area contributed by atoms with Gasteiger partial charge in [-0.2, -0.15) is 0 Å². The molecule has 1 fully saturated rings. The van der Waals surface area contributed by atoms with Crippen LogP contribution in [-0.4, -0.2) is 5.78 Å². The molecule has 0 spiro atoms. The SMILES string of the molecule is CCCCC1C(=O)C2CC=CC21. The highest BCUT2D eigenvalue weighted by atomic mass is 16.1. The van der Waals surface area contributed by atoms with Crippen molar-refractivity contribution >= 4 is 5.78 Å². The lowest BCUT2D eigenvalue weighted by atomic mass is 9.63. The van der Waals surface area contributed by atoms with Crippen LogP contribution in [0.3, 0.4) is 0 Å². The van der Waals surface area contributed by atoms with Gasteiger partial charge >= 0.3 is 0 Å². The summed E-state index contributed by atoms with van der Waals surface area (Å²) in [5.74, 6) is 1.96. The van der Waals surface area contributed by atoms with E-state index in [0.29, 0.717) is 23.5 Å². The Balaban J connectivity index is 1.91. The Bertz CT molecular complexity index is 217. The number of fused-ring (bicyclic) bond motifs is 1. The van der Waals surface area contributed by atoms with Crippen molar-refractivity contribution in [3.63, 3.8) is 0 Å². The van der Waals surface area contributed by atoms with Gasteiger partial charge < -0.3 is 0 Å². The molecular formula is C11H16O. The summed E-state index contributed by atoms with van der Waals surface area (Å²) in [6, 6.07) is 0. The molecule has 1 heteroatoms. The van der Waals surface area contributed by atoms with E-state index in [0.717, 1.165) is 12.8 Å². The van der Waals surface area contributed by atoms with Crippen molar-refractivity contribution in [2.24, 2.45) is 17.8 Å². The van der Waals surface area contributed by atoms with Gasteiger partial charge in [-0.1, -0.05) is 31.9 Å². The van der Waals surface area contributed by atoms with Crippen LogP contribution in [0.25, 0.3) is 0 Å². The summed E-state index contributed by atoms with van der Waals surface area (Å²) in [5.41, 5.74) is 0. The summed E-state index contributed by atoms with van der Waals surface area (Å²) in [6.45, 7) is 2.19. The summed E-state index contributed by atoms with van der Waals surface area (Å²) in [5, 5.41) is 0. The molecule has 0 radical (unpaired) electrons. The number of unbranched alkanes of at least 4 members (excludes halogenated alkanes) is 1. The van der Waals surface area contributed by atoms with Gasteiger partial charge in [0.25, 0.3) is 0 Å². The average Bonchev–Trinajstić information content (AvgIpc) is 2.49. The number of hydrogen-bond acceptors (Lipinski definition) is 1. The second kappa shape index (κ2) is 3.04. The third kappa shape index (κ3) is 1.03. The van der Waals surface area contributed by atoms with Crippen LogP contribution in [0.4, 0.5) is 0 Å². The molecule has 0 saturated heterocycles. The normalized spacial score (nSPS) is 38.1. The highest BCUT2D eigenvalue weighted by Gasteiger charge is 2.48. The number of Topliss-reactive ketones (excluding diaryl/α,β-unsaturated/α-hetero) is 1. The molecule has 0 aromatic rings. The van der Waals surface area contributed by atoms with Crippen molar-refractivity contribution in [1.29, 1.82) is 0 Å². The zero-order chi connectivity index (χ0) is 8.55. The van der Waals surface area contributed by atoms with E-state index in [-0.39, 0.29) is 0 Å². The third-order valence-corrected chi connectivity index (χ3v) is 3.28. The second-order valence-electron chi connectivity index (χ2n) is 4.00. The van der Waals surface area contributed by atoms with Gasteiger partial charge in [-0.05, 0) is 18.8 Å². The van der Waals surface area contributed by atoms with Crippen LogP contribution >= 0.6 is 0 Å². The van der Waals surface area contributed by atoms with Crippen molar-refractivity contribution < 1.29 is 4.79 Å². The van der Waals surface area contributed by atoms with Gasteiger partial charge in [0.2, 0.25) is 0 Å². The minimum absolute atomic E-state index is 0.395. The summed E-state index contributed by atoms with van der Waals surface area (Å²) in [6.07, 6.45) is 9.01. The van der Waals surface area contributed by atoms with Crippen molar-refractivity contribution in [1.82, 2.24) is 0 Å².